The van der Waals surface area contributed by atoms with E-state index in [2.05, 4.69) is 9.97 Å². The molecule has 0 radical (unpaired) electrons. The van der Waals surface area contributed by atoms with Gasteiger partial charge in [0.2, 0.25) is 0 Å². The minimum Gasteiger partial charge on any atom is -0.468 e. The Balaban J connectivity index is 1.59. The Labute approximate surface area is 155 Å². The zero-order valence-corrected chi connectivity index (χ0v) is 15.1. The number of nitrogens with zero attached hydrogens (tertiary/aromatic N) is 2. The van der Waals surface area contributed by atoms with Crippen LogP contribution in [-0.4, -0.2) is 60.2 Å². The number of likely N-dealkylation sites (tertiary alicyclic amines) is 1. The molecule has 2 aromatic rings. The molecule has 2 saturated heterocycles. The number of amides is 1. The van der Waals surface area contributed by atoms with Crippen molar-refractivity contribution in [1.82, 2.24) is 14.9 Å². The normalized spacial score (nSPS) is 24.1. The van der Waals surface area contributed by atoms with E-state index in [0.29, 0.717) is 35.9 Å². The Morgan fingerprint density at radius 3 is 2.81 bits per heavy atom. The number of aromatic amines is 1. The Kier molecular flexibility index (Phi) is 4.22. The van der Waals surface area contributed by atoms with Gasteiger partial charge in [0.1, 0.15) is 22.8 Å². The van der Waals surface area contributed by atoms with Crippen LogP contribution in [0.25, 0.3) is 11.4 Å². The van der Waals surface area contributed by atoms with Gasteiger partial charge in [-0.05, 0) is 31.2 Å². The van der Waals surface area contributed by atoms with Crippen LogP contribution in [0.1, 0.15) is 16.2 Å². The summed E-state index contributed by atoms with van der Waals surface area (Å²) in [6.07, 6.45) is 0. The Hall–Kier alpha value is -2.74. The molecule has 2 aliphatic heterocycles. The summed E-state index contributed by atoms with van der Waals surface area (Å²) in [5.74, 6) is -0.496. The molecule has 1 amide bonds. The number of halogens is 1. The minimum absolute atomic E-state index is 0.0790. The third kappa shape index (κ3) is 2.80. The number of benzene rings is 1. The van der Waals surface area contributed by atoms with Crippen molar-refractivity contribution < 1.29 is 23.5 Å². The monoisotopic (exact) mass is 373 g/mol. The zero-order valence-electron chi connectivity index (χ0n) is 15.1. The minimum atomic E-state index is -0.797. The summed E-state index contributed by atoms with van der Waals surface area (Å²) in [7, 11) is 1.35. The highest BCUT2D eigenvalue weighted by Gasteiger charge is 2.58. The van der Waals surface area contributed by atoms with Crippen molar-refractivity contribution in [2.75, 3.05) is 33.4 Å². The second kappa shape index (κ2) is 6.45. The van der Waals surface area contributed by atoms with E-state index in [1.165, 1.54) is 19.2 Å². The molecule has 142 valence electrons. The van der Waals surface area contributed by atoms with Gasteiger partial charge in [0.25, 0.3) is 5.91 Å². The second-order valence-corrected chi connectivity index (χ2v) is 7.11. The summed E-state index contributed by atoms with van der Waals surface area (Å²) in [6.45, 7) is 3.13. The smallest absolute Gasteiger partial charge is 0.316 e. The topological polar surface area (TPSA) is 84.5 Å². The first-order valence-electron chi connectivity index (χ1n) is 8.72. The molecule has 7 nitrogen and oxygen atoms in total. The molecule has 0 spiro atoms. The fourth-order valence-corrected chi connectivity index (χ4v) is 3.95. The molecule has 27 heavy (non-hydrogen) atoms. The summed E-state index contributed by atoms with van der Waals surface area (Å²) in [5.41, 5.74) is 0.820. The summed E-state index contributed by atoms with van der Waals surface area (Å²) < 4.78 is 23.6. The lowest BCUT2D eigenvalue weighted by Gasteiger charge is -2.23. The van der Waals surface area contributed by atoms with E-state index < -0.39 is 5.41 Å². The highest BCUT2D eigenvalue weighted by molar-refractivity contribution is 5.95. The first-order chi connectivity index (χ1) is 12.9. The predicted molar refractivity (Wildman–Crippen MR) is 93.4 cm³/mol. The van der Waals surface area contributed by atoms with Gasteiger partial charge in [0.05, 0.1) is 20.3 Å². The highest BCUT2D eigenvalue weighted by atomic mass is 19.1. The quantitative estimate of drug-likeness (QED) is 0.829. The summed E-state index contributed by atoms with van der Waals surface area (Å²) in [5, 5.41) is 0. The van der Waals surface area contributed by atoms with Crippen LogP contribution in [-0.2, 0) is 14.3 Å². The number of aryl methyl sites for hydroxylation is 1. The number of aromatic nitrogens is 2. The predicted octanol–water partition coefficient (Wildman–Crippen LogP) is 1.79. The number of ether oxygens (including phenoxy) is 2. The molecule has 1 N–H and O–H groups in total. The van der Waals surface area contributed by atoms with E-state index in [9.17, 15) is 14.0 Å². The number of hydrogen-bond acceptors (Lipinski definition) is 5. The van der Waals surface area contributed by atoms with Crippen LogP contribution in [0.15, 0.2) is 24.3 Å². The van der Waals surface area contributed by atoms with Crippen molar-refractivity contribution in [1.29, 1.82) is 0 Å². The van der Waals surface area contributed by atoms with E-state index in [0.717, 1.165) is 0 Å². The maximum atomic E-state index is 13.1. The number of nitrogens with one attached hydrogen (secondary N) is 1. The van der Waals surface area contributed by atoms with Crippen molar-refractivity contribution in [2.45, 2.75) is 6.92 Å². The third-order valence-corrected chi connectivity index (χ3v) is 5.46. The summed E-state index contributed by atoms with van der Waals surface area (Å²) in [6, 6.07) is 5.89. The number of imidazole rings is 1. The van der Waals surface area contributed by atoms with Gasteiger partial charge in [-0.3, -0.25) is 9.59 Å². The van der Waals surface area contributed by atoms with Gasteiger partial charge < -0.3 is 19.4 Å². The van der Waals surface area contributed by atoms with Crippen molar-refractivity contribution in [3.05, 3.63) is 41.5 Å². The van der Waals surface area contributed by atoms with Crippen LogP contribution in [0.3, 0.4) is 0 Å². The lowest BCUT2D eigenvalue weighted by molar-refractivity contribution is -0.153. The Morgan fingerprint density at radius 1 is 1.37 bits per heavy atom. The Morgan fingerprint density at radius 2 is 2.11 bits per heavy atom. The van der Waals surface area contributed by atoms with Crippen molar-refractivity contribution in [3.63, 3.8) is 0 Å². The molecule has 2 atom stereocenters. The van der Waals surface area contributed by atoms with E-state index in [1.807, 2.05) is 0 Å². The molecular formula is C19H20FN3O4. The summed E-state index contributed by atoms with van der Waals surface area (Å²) >= 11 is 0. The van der Waals surface area contributed by atoms with Crippen LogP contribution in [0.5, 0.6) is 0 Å². The molecule has 8 heteroatoms. The van der Waals surface area contributed by atoms with Gasteiger partial charge in [-0.15, -0.1) is 0 Å². The molecule has 1 aromatic heterocycles. The number of carbonyl (C=O) groups is 2. The number of carbonyl (C=O) groups excluding carboxylic acids is 2. The van der Waals surface area contributed by atoms with Crippen LogP contribution in [0.4, 0.5) is 4.39 Å². The lowest BCUT2D eigenvalue weighted by atomic mass is 9.81. The van der Waals surface area contributed by atoms with Gasteiger partial charge >= 0.3 is 5.97 Å². The third-order valence-electron chi connectivity index (χ3n) is 5.46. The van der Waals surface area contributed by atoms with Crippen molar-refractivity contribution in [3.8, 4) is 11.4 Å². The van der Waals surface area contributed by atoms with E-state index in [4.69, 9.17) is 9.47 Å². The van der Waals surface area contributed by atoms with E-state index >= 15 is 0 Å². The molecule has 0 bridgehead atoms. The van der Waals surface area contributed by atoms with Gasteiger partial charge in [-0.2, -0.15) is 0 Å². The fourth-order valence-electron chi connectivity index (χ4n) is 3.95. The Bertz CT molecular complexity index is 895. The molecule has 2 fully saturated rings. The molecule has 4 rings (SSSR count). The number of H-pyrrole nitrogens is 1. The first-order valence-corrected chi connectivity index (χ1v) is 8.72. The number of rotatable bonds is 3. The van der Waals surface area contributed by atoms with Gasteiger partial charge in [-0.25, -0.2) is 9.37 Å². The van der Waals surface area contributed by atoms with Crippen molar-refractivity contribution in [2.24, 2.45) is 11.3 Å². The average molecular weight is 373 g/mol. The van der Waals surface area contributed by atoms with Crippen LogP contribution in [0, 0.1) is 24.1 Å². The van der Waals surface area contributed by atoms with E-state index in [-0.39, 0.29) is 36.8 Å². The number of methoxy groups -OCH3 is 1. The standard InChI is InChI=1S/C19H20FN3O4/c1-11-15(22-16(21-11)12-3-5-14(20)6-4-12)17(24)23-7-13-8-27-10-19(13,9-23)18(25)26-2/h3-6,13H,7-10H2,1-2H3,(H,21,22)/t13-,19-/m0/s1. The number of fused-ring (bicyclic) bond motifs is 1. The lowest BCUT2D eigenvalue weighted by Crippen LogP contribution is -2.41. The molecule has 1 aromatic carbocycles. The number of hydrogen-bond donors (Lipinski definition) is 1. The first kappa shape index (κ1) is 17.7. The van der Waals surface area contributed by atoms with Crippen LogP contribution >= 0.6 is 0 Å². The maximum absolute atomic E-state index is 13.1. The van der Waals surface area contributed by atoms with Crippen molar-refractivity contribution >= 4 is 11.9 Å². The van der Waals surface area contributed by atoms with Crippen LogP contribution in [0.2, 0.25) is 0 Å². The van der Waals surface area contributed by atoms with Gasteiger partial charge in [-0.1, -0.05) is 0 Å². The summed E-state index contributed by atoms with van der Waals surface area (Å²) in [4.78, 5) is 34.5. The molecule has 0 aliphatic carbocycles. The molecule has 3 heterocycles. The zero-order chi connectivity index (χ0) is 19.2. The largest absolute Gasteiger partial charge is 0.468 e. The molecule has 2 aliphatic rings. The molecule has 0 unspecified atom stereocenters. The number of esters is 1. The maximum Gasteiger partial charge on any atom is 0.316 e. The molecular weight excluding hydrogens is 353 g/mol. The SMILES string of the molecule is COC(=O)[C@@]12COC[C@@H]1CN(C(=O)c1nc(-c3ccc(F)cc3)[nH]c1C)C2. The molecule has 0 saturated carbocycles. The van der Waals surface area contributed by atoms with E-state index in [1.54, 1.807) is 24.0 Å². The van der Waals surface area contributed by atoms with Crippen LogP contribution < -0.4 is 0 Å². The second-order valence-electron chi connectivity index (χ2n) is 7.11. The average Bonchev–Trinajstić information content (AvgIpc) is 3.33. The highest BCUT2D eigenvalue weighted by Crippen LogP contribution is 2.42. The van der Waals surface area contributed by atoms with Gasteiger partial charge in [0.15, 0.2) is 0 Å². The van der Waals surface area contributed by atoms with Gasteiger partial charge in [0, 0.05) is 30.3 Å². The fraction of sp³-hybridized carbons (Fsp3) is 0.421.